The second kappa shape index (κ2) is 7.75. The van der Waals surface area contributed by atoms with Crippen molar-refractivity contribution in [3.8, 4) is 5.69 Å². The first-order valence-electron chi connectivity index (χ1n) is 8.93. The Hall–Kier alpha value is -3.30. The first-order chi connectivity index (χ1) is 14.7. The van der Waals surface area contributed by atoms with Crippen LogP contribution in [-0.2, 0) is 10.0 Å². The van der Waals surface area contributed by atoms with Crippen molar-refractivity contribution >= 4 is 38.2 Å². The van der Waals surface area contributed by atoms with Crippen LogP contribution in [0.25, 0.3) is 16.6 Å². The van der Waals surface area contributed by atoms with Crippen LogP contribution in [0, 0.1) is 18.6 Å². The van der Waals surface area contributed by atoms with Crippen LogP contribution in [-0.4, -0.2) is 18.0 Å². The van der Waals surface area contributed by atoms with Crippen molar-refractivity contribution < 1.29 is 17.2 Å². The first kappa shape index (κ1) is 21.0. The maximum atomic E-state index is 14.0. The Labute approximate surface area is 180 Å². The Bertz CT molecular complexity index is 1500. The zero-order chi connectivity index (χ0) is 22.3. The minimum atomic E-state index is -4.42. The molecule has 0 unspecified atom stereocenters. The molecule has 3 aromatic carbocycles. The SMILES string of the molecule is Cc1nc2ccccc2c(=O)n1-c1ccc(Cl)c(NS(=O)(=O)c2ccc(F)cc2F)c1. The summed E-state index contributed by atoms with van der Waals surface area (Å²) in [5, 5.41) is 0.410. The fraction of sp³-hybridized carbons (Fsp3) is 0.0476. The van der Waals surface area contributed by atoms with Crippen LogP contribution in [0.3, 0.4) is 0 Å². The molecule has 0 radical (unpaired) electrons. The fourth-order valence-corrected chi connectivity index (χ4v) is 4.52. The molecule has 0 amide bonds. The van der Waals surface area contributed by atoms with Crippen LogP contribution in [0.1, 0.15) is 5.82 Å². The van der Waals surface area contributed by atoms with Gasteiger partial charge in [0.25, 0.3) is 15.6 Å². The van der Waals surface area contributed by atoms with Gasteiger partial charge in [-0.15, -0.1) is 0 Å². The number of sulfonamides is 1. The van der Waals surface area contributed by atoms with Gasteiger partial charge >= 0.3 is 0 Å². The minimum absolute atomic E-state index is 0.0225. The number of hydrogen-bond acceptors (Lipinski definition) is 4. The molecule has 4 rings (SSSR count). The van der Waals surface area contributed by atoms with Gasteiger partial charge in [-0.3, -0.25) is 14.1 Å². The van der Waals surface area contributed by atoms with E-state index in [1.165, 1.54) is 22.8 Å². The van der Waals surface area contributed by atoms with Gasteiger partial charge in [0.2, 0.25) is 0 Å². The average Bonchev–Trinajstić information content (AvgIpc) is 2.70. The van der Waals surface area contributed by atoms with Gasteiger partial charge in [-0.2, -0.15) is 0 Å². The molecule has 158 valence electrons. The molecule has 1 heterocycles. The lowest BCUT2D eigenvalue weighted by atomic mass is 10.2. The number of para-hydroxylation sites is 1. The van der Waals surface area contributed by atoms with Gasteiger partial charge in [0.15, 0.2) is 0 Å². The Morgan fingerprint density at radius 3 is 2.52 bits per heavy atom. The van der Waals surface area contributed by atoms with Gasteiger partial charge in [-0.25, -0.2) is 22.2 Å². The highest BCUT2D eigenvalue weighted by Crippen LogP contribution is 2.28. The van der Waals surface area contributed by atoms with Gasteiger partial charge in [-0.1, -0.05) is 23.7 Å². The molecule has 10 heteroatoms. The standard InChI is InChI=1S/C21H14ClF2N3O3S/c1-12-25-18-5-3-2-4-15(18)21(28)27(12)14-7-8-16(22)19(11-14)26-31(29,30)20-9-6-13(23)10-17(20)24/h2-11,26H,1H3. The predicted molar refractivity (Wildman–Crippen MR) is 114 cm³/mol. The molecule has 0 aliphatic rings. The lowest BCUT2D eigenvalue weighted by Crippen LogP contribution is -2.22. The highest BCUT2D eigenvalue weighted by molar-refractivity contribution is 7.92. The van der Waals surface area contributed by atoms with Crippen molar-refractivity contribution in [2.24, 2.45) is 0 Å². The summed E-state index contributed by atoms with van der Waals surface area (Å²) in [5.74, 6) is -1.77. The number of aromatic nitrogens is 2. The number of benzene rings is 3. The number of nitrogens with zero attached hydrogens (tertiary/aromatic N) is 2. The Morgan fingerprint density at radius 2 is 1.77 bits per heavy atom. The normalized spacial score (nSPS) is 11.6. The monoisotopic (exact) mass is 461 g/mol. The van der Waals surface area contributed by atoms with E-state index in [1.54, 1.807) is 31.2 Å². The van der Waals surface area contributed by atoms with E-state index >= 15 is 0 Å². The number of hydrogen-bond donors (Lipinski definition) is 1. The Kier molecular flexibility index (Phi) is 5.24. The number of aryl methyl sites for hydroxylation is 1. The third kappa shape index (κ3) is 3.89. The van der Waals surface area contributed by atoms with E-state index < -0.39 is 26.6 Å². The maximum Gasteiger partial charge on any atom is 0.265 e. The van der Waals surface area contributed by atoms with Gasteiger partial charge in [-0.05, 0) is 49.4 Å². The summed E-state index contributed by atoms with van der Waals surface area (Å²) in [5.41, 5.74) is 0.413. The molecule has 6 nitrogen and oxygen atoms in total. The highest BCUT2D eigenvalue weighted by Gasteiger charge is 2.21. The van der Waals surface area contributed by atoms with E-state index in [1.807, 2.05) is 0 Å². The molecule has 0 atom stereocenters. The quantitative estimate of drug-likeness (QED) is 0.487. The summed E-state index contributed by atoms with van der Waals surface area (Å²) in [4.78, 5) is 16.7. The zero-order valence-corrected chi connectivity index (χ0v) is 17.5. The molecule has 1 N–H and O–H groups in total. The lowest BCUT2D eigenvalue weighted by molar-refractivity contribution is 0.551. The third-order valence-electron chi connectivity index (χ3n) is 4.58. The molecule has 0 aliphatic heterocycles. The van der Waals surface area contributed by atoms with Crippen molar-refractivity contribution in [3.63, 3.8) is 0 Å². The molecular weight excluding hydrogens is 448 g/mol. The van der Waals surface area contributed by atoms with E-state index in [2.05, 4.69) is 9.71 Å². The van der Waals surface area contributed by atoms with Gasteiger partial charge < -0.3 is 0 Å². The highest BCUT2D eigenvalue weighted by atomic mass is 35.5. The summed E-state index contributed by atoms with van der Waals surface area (Å²) in [7, 11) is -4.42. The smallest absolute Gasteiger partial charge is 0.265 e. The van der Waals surface area contributed by atoms with Crippen molar-refractivity contribution in [1.82, 2.24) is 9.55 Å². The van der Waals surface area contributed by atoms with Crippen LogP contribution < -0.4 is 10.3 Å². The van der Waals surface area contributed by atoms with Gasteiger partial charge in [0.1, 0.15) is 22.4 Å². The van der Waals surface area contributed by atoms with E-state index in [4.69, 9.17) is 11.6 Å². The van der Waals surface area contributed by atoms with Crippen molar-refractivity contribution in [3.05, 3.63) is 93.5 Å². The summed E-state index contributed by atoms with van der Waals surface area (Å²) in [6.07, 6.45) is 0. The van der Waals surface area contributed by atoms with E-state index in [-0.39, 0.29) is 16.3 Å². The topological polar surface area (TPSA) is 81.1 Å². The molecule has 0 saturated heterocycles. The van der Waals surface area contributed by atoms with Crippen LogP contribution in [0.5, 0.6) is 0 Å². The number of nitrogens with one attached hydrogen (secondary N) is 1. The zero-order valence-electron chi connectivity index (χ0n) is 15.9. The second-order valence-electron chi connectivity index (χ2n) is 6.66. The number of fused-ring (bicyclic) bond motifs is 1. The summed E-state index contributed by atoms with van der Waals surface area (Å²) in [6, 6.07) is 13.2. The first-order valence-corrected chi connectivity index (χ1v) is 10.8. The molecule has 4 aromatic rings. The number of anilines is 1. The number of halogens is 3. The molecule has 0 bridgehead atoms. The van der Waals surface area contributed by atoms with Crippen LogP contribution >= 0.6 is 11.6 Å². The predicted octanol–water partition coefficient (Wildman–Crippen LogP) is 4.43. The van der Waals surface area contributed by atoms with Crippen LogP contribution in [0.15, 0.2) is 70.4 Å². The number of rotatable bonds is 4. The van der Waals surface area contributed by atoms with Gasteiger partial charge in [0.05, 0.1) is 27.3 Å². The lowest BCUT2D eigenvalue weighted by Gasteiger charge is -2.14. The molecule has 0 saturated carbocycles. The second-order valence-corrected chi connectivity index (χ2v) is 8.72. The largest absolute Gasteiger partial charge is 0.278 e. The molecule has 0 spiro atoms. The summed E-state index contributed by atoms with van der Waals surface area (Å²) >= 11 is 6.13. The van der Waals surface area contributed by atoms with Crippen molar-refractivity contribution in [2.75, 3.05) is 4.72 Å². The van der Waals surface area contributed by atoms with Crippen LogP contribution in [0.2, 0.25) is 5.02 Å². The summed E-state index contributed by atoms with van der Waals surface area (Å²) in [6.45, 7) is 1.64. The molecule has 1 aromatic heterocycles. The van der Waals surface area contributed by atoms with Crippen molar-refractivity contribution in [1.29, 1.82) is 0 Å². The third-order valence-corrected chi connectivity index (χ3v) is 6.31. The molecule has 0 fully saturated rings. The summed E-state index contributed by atoms with van der Waals surface area (Å²) < 4.78 is 55.9. The maximum absolute atomic E-state index is 14.0. The Morgan fingerprint density at radius 1 is 1.03 bits per heavy atom. The van der Waals surface area contributed by atoms with Crippen LogP contribution in [0.4, 0.5) is 14.5 Å². The van der Waals surface area contributed by atoms with E-state index in [0.29, 0.717) is 28.5 Å². The molecule has 0 aliphatic carbocycles. The molecular formula is C21H14ClF2N3O3S. The Balaban J connectivity index is 1.82. The van der Waals surface area contributed by atoms with Gasteiger partial charge in [0, 0.05) is 6.07 Å². The minimum Gasteiger partial charge on any atom is -0.278 e. The fourth-order valence-electron chi connectivity index (χ4n) is 3.17. The van der Waals surface area contributed by atoms with E-state index in [0.717, 1.165) is 12.1 Å². The van der Waals surface area contributed by atoms with E-state index in [9.17, 15) is 22.0 Å². The molecule has 31 heavy (non-hydrogen) atoms. The average molecular weight is 462 g/mol. The van der Waals surface area contributed by atoms with Crippen molar-refractivity contribution in [2.45, 2.75) is 11.8 Å².